The molecule has 2 bridgehead atoms. The second-order valence-electron chi connectivity index (χ2n) is 6.55. The molecule has 3 unspecified atom stereocenters. The normalized spacial score (nSPS) is 28.3. The minimum absolute atomic E-state index is 0.932. The molecule has 1 heterocycles. The minimum Gasteiger partial charge on any atom is -0.312 e. The Morgan fingerprint density at radius 3 is 2.90 bits per heavy atom. The van der Waals surface area contributed by atoms with Gasteiger partial charge in [-0.1, -0.05) is 24.6 Å². The van der Waals surface area contributed by atoms with Crippen molar-refractivity contribution in [1.29, 1.82) is 0 Å². The molecule has 1 N–H and O–H groups in total. The van der Waals surface area contributed by atoms with Gasteiger partial charge in [0.05, 0.1) is 5.52 Å². The zero-order valence-electron chi connectivity index (χ0n) is 11.9. The van der Waals surface area contributed by atoms with E-state index in [9.17, 15) is 0 Å². The number of rotatable bonds is 4. The number of benzene rings is 1. The van der Waals surface area contributed by atoms with Gasteiger partial charge in [0.2, 0.25) is 0 Å². The first kappa shape index (κ1) is 12.3. The zero-order valence-corrected chi connectivity index (χ0v) is 11.9. The molecule has 2 fully saturated rings. The molecule has 1 aromatic carbocycles. The Hall–Kier alpha value is -1.41. The molecule has 2 heteroatoms. The Morgan fingerprint density at radius 2 is 2.05 bits per heavy atom. The topological polar surface area (TPSA) is 24.9 Å². The lowest BCUT2D eigenvalue weighted by Crippen LogP contribution is -2.26. The predicted octanol–water partition coefficient (Wildman–Crippen LogP) is 3.76. The molecular formula is C18H22N2. The molecule has 20 heavy (non-hydrogen) atoms. The number of nitrogens with zero attached hydrogens (tertiary/aromatic N) is 1. The fraction of sp³-hybridized carbons (Fsp3) is 0.500. The van der Waals surface area contributed by atoms with Gasteiger partial charge in [-0.3, -0.25) is 4.98 Å². The van der Waals surface area contributed by atoms with E-state index in [1.807, 2.05) is 6.20 Å². The number of aromatic nitrogens is 1. The van der Waals surface area contributed by atoms with Gasteiger partial charge in [-0.2, -0.15) is 0 Å². The van der Waals surface area contributed by atoms with Crippen LogP contribution < -0.4 is 5.32 Å². The Kier molecular flexibility index (Phi) is 3.19. The fourth-order valence-electron chi connectivity index (χ4n) is 4.33. The molecule has 2 aliphatic carbocycles. The first-order chi connectivity index (χ1) is 9.90. The van der Waals surface area contributed by atoms with Gasteiger partial charge in [-0.15, -0.1) is 0 Å². The molecule has 2 saturated carbocycles. The van der Waals surface area contributed by atoms with Crippen molar-refractivity contribution in [2.24, 2.45) is 17.8 Å². The van der Waals surface area contributed by atoms with Crippen molar-refractivity contribution in [3.05, 3.63) is 42.1 Å². The molecule has 2 aliphatic rings. The lowest BCUT2D eigenvalue weighted by Gasteiger charge is -2.22. The second-order valence-corrected chi connectivity index (χ2v) is 6.55. The third kappa shape index (κ3) is 2.22. The highest BCUT2D eigenvalue weighted by Gasteiger charge is 2.38. The summed E-state index contributed by atoms with van der Waals surface area (Å²) >= 11 is 0. The smallest absolute Gasteiger partial charge is 0.0705 e. The molecule has 0 spiro atoms. The second kappa shape index (κ2) is 5.17. The quantitative estimate of drug-likeness (QED) is 0.911. The summed E-state index contributed by atoms with van der Waals surface area (Å²) in [6.07, 6.45) is 7.88. The number of hydrogen-bond acceptors (Lipinski definition) is 2. The molecule has 1 aromatic heterocycles. The van der Waals surface area contributed by atoms with E-state index in [0.29, 0.717) is 0 Å². The lowest BCUT2D eigenvalue weighted by molar-refractivity contribution is 0.318. The molecule has 4 rings (SSSR count). The van der Waals surface area contributed by atoms with Gasteiger partial charge in [0.15, 0.2) is 0 Å². The average Bonchev–Trinajstić information content (AvgIpc) is 3.10. The van der Waals surface area contributed by atoms with Gasteiger partial charge in [-0.25, -0.2) is 0 Å². The van der Waals surface area contributed by atoms with Crippen LogP contribution in [0.1, 0.15) is 31.2 Å². The van der Waals surface area contributed by atoms with Gasteiger partial charge < -0.3 is 5.32 Å². The molecule has 0 saturated heterocycles. The summed E-state index contributed by atoms with van der Waals surface area (Å²) < 4.78 is 0. The third-order valence-corrected chi connectivity index (χ3v) is 5.35. The molecule has 2 aromatic rings. The van der Waals surface area contributed by atoms with Crippen LogP contribution in [0.15, 0.2) is 36.5 Å². The van der Waals surface area contributed by atoms with Gasteiger partial charge in [0.1, 0.15) is 0 Å². The molecule has 0 aliphatic heterocycles. The minimum atomic E-state index is 0.932. The van der Waals surface area contributed by atoms with Crippen molar-refractivity contribution in [1.82, 2.24) is 10.3 Å². The predicted molar refractivity (Wildman–Crippen MR) is 82.4 cm³/mol. The highest BCUT2D eigenvalue weighted by atomic mass is 14.9. The van der Waals surface area contributed by atoms with Crippen molar-refractivity contribution in [3.8, 4) is 0 Å². The molecular weight excluding hydrogens is 244 g/mol. The van der Waals surface area contributed by atoms with Crippen LogP contribution >= 0.6 is 0 Å². The molecule has 104 valence electrons. The Labute approximate surface area is 120 Å². The van der Waals surface area contributed by atoms with Crippen LogP contribution in [0.3, 0.4) is 0 Å². The van der Waals surface area contributed by atoms with E-state index >= 15 is 0 Å². The fourth-order valence-corrected chi connectivity index (χ4v) is 4.33. The summed E-state index contributed by atoms with van der Waals surface area (Å²) in [5.41, 5.74) is 2.48. The van der Waals surface area contributed by atoms with Crippen molar-refractivity contribution >= 4 is 10.9 Å². The van der Waals surface area contributed by atoms with E-state index in [4.69, 9.17) is 0 Å². The van der Waals surface area contributed by atoms with Crippen LogP contribution in [0.25, 0.3) is 10.9 Å². The number of nitrogens with one attached hydrogen (secondary N) is 1. The van der Waals surface area contributed by atoms with Crippen LogP contribution in [0.5, 0.6) is 0 Å². The highest BCUT2D eigenvalue weighted by Crippen LogP contribution is 2.47. The van der Waals surface area contributed by atoms with Crippen LogP contribution in [0.2, 0.25) is 0 Å². The van der Waals surface area contributed by atoms with Gasteiger partial charge in [-0.05, 0) is 61.3 Å². The largest absolute Gasteiger partial charge is 0.312 e. The third-order valence-electron chi connectivity index (χ3n) is 5.35. The van der Waals surface area contributed by atoms with Crippen LogP contribution in [0.4, 0.5) is 0 Å². The monoisotopic (exact) mass is 266 g/mol. The Balaban J connectivity index is 1.41. The van der Waals surface area contributed by atoms with Crippen LogP contribution in [-0.2, 0) is 6.54 Å². The molecule has 0 amide bonds. The standard InChI is InChI=1S/C18H22N2/c1-2-4-18-17(3-1)15(7-8-20-18)11-19-12-16-10-13-5-6-14(16)9-13/h1-4,7-8,13-14,16,19H,5-6,9-12H2. The summed E-state index contributed by atoms with van der Waals surface area (Å²) in [5, 5.41) is 4.98. The van der Waals surface area contributed by atoms with Gasteiger partial charge in [0, 0.05) is 18.1 Å². The summed E-state index contributed by atoms with van der Waals surface area (Å²) in [7, 11) is 0. The average molecular weight is 266 g/mol. The van der Waals surface area contributed by atoms with E-state index in [2.05, 4.69) is 40.6 Å². The van der Waals surface area contributed by atoms with Crippen molar-refractivity contribution in [3.63, 3.8) is 0 Å². The summed E-state index contributed by atoms with van der Waals surface area (Å²) in [4.78, 5) is 4.43. The van der Waals surface area contributed by atoms with Crippen molar-refractivity contribution < 1.29 is 0 Å². The number of fused-ring (bicyclic) bond motifs is 3. The van der Waals surface area contributed by atoms with E-state index in [1.54, 1.807) is 0 Å². The molecule has 0 radical (unpaired) electrons. The highest BCUT2D eigenvalue weighted by molar-refractivity contribution is 5.81. The number of para-hydroxylation sites is 1. The van der Waals surface area contributed by atoms with Crippen LogP contribution in [0, 0.1) is 17.8 Å². The van der Waals surface area contributed by atoms with E-state index < -0.39 is 0 Å². The maximum absolute atomic E-state index is 4.43. The van der Waals surface area contributed by atoms with Crippen molar-refractivity contribution in [2.45, 2.75) is 32.2 Å². The summed E-state index contributed by atoms with van der Waals surface area (Å²) in [6, 6.07) is 10.6. The van der Waals surface area contributed by atoms with Crippen molar-refractivity contribution in [2.75, 3.05) is 6.54 Å². The summed E-state index contributed by atoms with van der Waals surface area (Å²) in [5.74, 6) is 3.00. The maximum atomic E-state index is 4.43. The number of pyridine rings is 1. The zero-order chi connectivity index (χ0) is 13.4. The Bertz CT molecular complexity index is 602. The SMILES string of the molecule is c1ccc2c(CNCC3CC4CCC3C4)ccnc2c1. The van der Waals surface area contributed by atoms with Gasteiger partial charge in [0.25, 0.3) is 0 Å². The van der Waals surface area contributed by atoms with E-state index in [-0.39, 0.29) is 0 Å². The first-order valence-corrected chi connectivity index (χ1v) is 7.93. The maximum Gasteiger partial charge on any atom is 0.0705 e. The van der Waals surface area contributed by atoms with Crippen LogP contribution in [-0.4, -0.2) is 11.5 Å². The molecule has 3 atom stereocenters. The molecule has 2 nitrogen and oxygen atoms in total. The van der Waals surface area contributed by atoms with Gasteiger partial charge >= 0.3 is 0 Å². The first-order valence-electron chi connectivity index (χ1n) is 7.93. The lowest BCUT2D eigenvalue weighted by atomic mass is 9.89. The number of hydrogen-bond donors (Lipinski definition) is 1. The summed E-state index contributed by atoms with van der Waals surface area (Å²) in [6.45, 7) is 2.16. The Morgan fingerprint density at radius 1 is 1.10 bits per heavy atom. The van der Waals surface area contributed by atoms with E-state index in [1.165, 1.54) is 43.2 Å². The van der Waals surface area contributed by atoms with E-state index in [0.717, 1.165) is 29.8 Å².